The van der Waals surface area contributed by atoms with Gasteiger partial charge in [0.2, 0.25) is 5.78 Å². The molecular weight excluding hydrogens is 448 g/mol. The molecule has 0 saturated carbocycles. The molecule has 0 bridgehead atoms. The lowest BCUT2D eigenvalue weighted by molar-refractivity contribution is 0.634. The Hall–Kier alpha value is -3.98. The molecule has 34 heavy (non-hydrogen) atoms. The van der Waals surface area contributed by atoms with Crippen molar-refractivity contribution >= 4 is 50.1 Å². The van der Waals surface area contributed by atoms with Crippen LogP contribution in [0.2, 0.25) is 0 Å². The lowest BCUT2D eigenvalue weighted by atomic mass is 10.1. The lowest BCUT2D eigenvalue weighted by Crippen LogP contribution is -2.22. The van der Waals surface area contributed by atoms with Gasteiger partial charge in [-0.05, 0) is 42.0 Å². The van der Waals surface area contributed by atoms with Crippen molar-refractivity contribution in [2.75, 3.05) is 0 Å². The number of hydrogen-bond donors (Lipinski definition) is 0. The highest BCUT2D eigenvalue weighted by Crippen LogP contribution is 2.25. The van der Waals surface area contributed by atoms with Crippen LogP contribution in [0.1, 0.15) is 12.7 Å². The molecule has 0 radical (unpaired) electrons. The zero-order chi connectivity index (χ0) is 23.4. The van der Waals surface area contributed by atoms with Crippen LogP contribution in [0.25, 0.3) is 38.4 Å². The second-order valence-electron chi connectivity index (χ2n) is 8.08. The van der Waals surface area contributed by atoms with Crippen molar-refractivity contribution in [2.45, 2.75) is 24.4 Å². The normalized spacial score (nSPS) is 11.8. The smallest absolute Gasteiger partial charge is 0.262 e. The number of nitrogens with zero attached hydrogens (tertiary/aromatic N) is 6. The van der Waals surface area contributed by atoms with Crippen LogP contribution in [0, 0.1) is 0 Å². The molecule has 9 heteroatoms. The van der Waals surface area contributed by atoms with Crippen LogP contribution in [-0.4, -0.2) is 28.7 Å². The number of hydrogen-bond acceptors (Lipinski definition) is 6. The lowest BCUT2D eigenvalue weighted by Gasteiger charge is -2.12. The van der Waals surface area contributed by atoms with Gasteiger partial charge in [0, 0.05) is 13.6 Å². The Labute approximate surface area is 197 Å². The molecule has 0 aliphatic carbocycles. The summed E-state index contributed by atoms with van der Waals surface area (Å²) in [7, 11) is 1.69. The van der Waals surface area contributed by atoms with E-state index in [1.807, 2.05) is 65.9 Å². The summed E-state index contributed by atoms with van der Waals surface area (Å²) in [5.74, 6) is 1.60. The van der Waals surface area contributed by atoms with Gasteiger partial charge in [0.1, 0.15) is 5.82 Å². The Morgan fingerprint density at radius 3 is 2.41 bits per heavy atom. The van der Waals surface area contributed by atoms with Crippen LogP contribution < -0.4 is 11.1 Å². The highest BCUT2D eigenvalue weighted by molar-refractivity contribution is 7.98. The zero-order valence-electron chi connectivity index (χ0n) is 18.6. The molecule has 0 atom stereocenters. The standard InChI is InChI=1S/C25H20N6O2S/c1-3-30-23(33)18-12-15-8-4-5-9-16(15)13-19(18)26-25(30)34-14-21-27-28-24-29(2)22(32)17-10-6-7-11-20(17)31(21)24/h4-13H,3,14H2,1-2H3. The molecule has 0 saturated heterocycles. The van der Waals surface area contributed by atoms with Gasteiger partial charge in [0.05, 0.1) is 27.6 Å². The first kappa shape index (κ1) is 20.6. The van der Waals surface area contributed by atoms with Crippen LogP contribution in [-0.2, 0) is 19.3 Å². The fraction of sp³-hybridized carbons (Fsp3) is 0.160. The Morgan fingerprint density at radius 1 is 0.882 bits per heavy atom. The number of aryl methyl sites for hydroxylation is 1. The van der Waals surface area contributed by atoms with E-state index in [1.54, 1.807) is 17.7 Å². The van der Waals surface area contributed by atoms with Crippen molar-refractivity contribution in [3.05, 3.63) is 87.2 Å². The first-order valence-corrected chi connectivity index (χ1v) is 11.9. The van der Waals surface area contributed by atoms with Crippen molar-refractivity contribution < 1.29 is 0 Å². The van der Waals surface area contributed by atoms with Crippen molar-refractivity contribution in [2.24, 2.45) is 7.05 Å². The summed E-state index contributed by atoms with van der Waals surface area (Å²) in [5.41, 5.74) is 1.26. The highest BCUT2D eigenvalue weighted by atomic mass is 32.2. The van der Waals surface area contributed by atoms with Crippen LogP contribution in [0.3, 0.4) is 0 Å². The summed E-state index contributed by atoms with van der Waals surface area (Å²) in [6, 6.07) is 19.3. The predicted molar refractivity (Wildman–Crippen MR) is 134 cm³/mol. The largest absolute Gasteiger partial charge is 0.287 e. The predicted octanol–water partition coefficient (Wildman–Crippen LogP) is 3.76. The van der Waals surface area contributed by atoms with E-state index in [0.717, 1.165) is 16.3 Å². The van der Waals surface area contributed by atoms with Gasteiger partial charge < -0.3 is 0 Å². The monoisotopic (exact) mass is 468 g/mol. The van der Waals surface area contributed by atoms with E-state index in [1.165, 1.54) is 16.3 Å². The first-order chi connectivity index (χ1) is 16.6. The van der Waals surface area contributed by atoms with Gasteiger partial charge in [0.25, 0.3) is 11.1 Å². The van der Waals surface area contributed by atoms with Crippen molar-refractivity contribution in [1.29, 1.82) is 0 Å². The van der Waals surface area contributed by atoms with Gasteiger partial charge in [-0.15, -0.1) is 10.2 Å². The number of aromatic nitrogens is 6. The molecule has 0 amide bonds. The Balaban J connectivity index is 1.48. The maximum Gasteiger partial charge on any atom is 0.262 e. The van der Waals surface area contributed by atoms with E-state index < -0.39 is 0 Å². The number of benzene rings is 3. The number of fused-ring (bicyclic) bond motifs is 5. The van der Waals surface area contributed by atoms with Gasteiger partial charge in [-0.1, -0.05) is 48.2 Å². The molecule has 0 fully saturated rings. The molecule has 6 aromatic rings. The Kier molecular flexibility index (Phi) is 4.73. The van der Waals surface area contributed by atoms with Crippen molar-refractivity contribution in [3.8, 4) is 0 Å². The molecule has 3 aromatic carbocycles. The number of thioether (sulfide) groups is 1. The molecule has 6 rings (SSSR count). The number of rotatable bonds is 4. The number of para-hydroxylation sites is 1. The maximum atomic E-state index is 13.3. The molecule has 3 heterocycles. The maximum absolute atomic E-state index is 13.3. The molecule has 168 valence electrons. The third-order valence-electron chi connectivity index (χ3n) is 6.13. The van der Waals surface area contributed by atoms with Crippen molar-refractivity contribution in [3.63, 3.8) is 0 Å². The van der Waals surface area contributed by atoms with Gasteiger partial charge >= 0.3 is 0 Å². The molecule has 0 N–H and O–H groups in total. The van der Waals surface area contributed by atoms with E-state index in [0.29, 0.717) is 45.3 Å². The van der Waals surface area contributed by atoms with E-state index in [9.17, 15) is 9.59 Å². The van der Waals surface area contributed by atoms with Crippen molar-refractivity contribution in [1.82, 2.24) is 28.7 Å². The topological polar surface area (TPSA) is 87.1 Å². The van der Waals surface area contributed by atoms with E-state index >= 15 is 0 Å². The Morgan fingerprint density at radius 2 is 1.62 bits per heavy atom. The molecular formula is C25H20N6O2S. The molecule has 0 aliphatic heterocycles. The summed E-state index contributed by atoms with van der Waals surface area (Å²) in [5, 5.41) is 12.5. The van der Waals surface area contributed by atoms with Crippen LogP contribution in [0.4, 0.5) is 0 Å². The summed E-state index contributed by atoms with van der Waals surface area (Å²) >= 11 is 1.44. The zero-order valence-corrected chi connectivity index (χ0v) is 19.4. The fourth-order valence-corrected chi connectivity index (χ4v) is 5.37. The second kappa shape index (κ2) is 7.81. The van der Waals surface area contributed by atoms with E-state index in [4.69, 9.17) is 4.98 Å². The minimum absolute atomic E-state index is 0.0558. The molecule has 0 aliphatic rings. The van der Waals surface area contributed by atoms with Crippen LogP contribution in [0.15, 0.2) is 75.4 Å². The SMILES string of the molecule is CCn1c(SCc2nnc3n(C)c(=O)c4ccccc4n23)nc2cc3ccccc3cc2c1=O. The minimum atomic E-state index is -0.113. The quantitative estimate of drug-likeness (QED) is 0.222. The Bertz CT molecular complexity index is 1870. The molecule has 8 nitrogen and oxygen atoms in total. The summed E-state index contributed by atoms with van der Waals surface area (Å²) < 4.78 is 5.09. The van der Waals surface area contributed by atoms with Crippen LogP contribution >= 0.6 is 11.8 Å². The minimum Gasteiger partial charge on any atom is -0.287 e. The van der Waals surface area contributed by atoms with Crippen LogP contribution in [0.5, 0.6) is 0 Å². The summed E-state index contributed by atoms with van der Waals surface area (Å²) in [6.07, 6.45) is 0. The highest BCUT2D eigenvalue weighted by Gasteiger charge is 2.17. The van der Waals surface area contributed by atoms with E-state index in [2.05, 4.69) is 10.2 Å². The first-order valence-electron chi connectivity index (χ1n) is 10.9. The van der Waals surface area contributed by atoms with Gasteiger partial charge in [-0.25, -0.2) is 4.98 Å². The molecule has 0 unspecified atom stereocenters. The molecule has 0 spiro atoms. The average Bonchev–Trinajstić information content (AvgIpc) is 3.29. The van der Waals surface area contributed by atoms with E-state index in [-0.39, 0.29) is 11.1 Å². The van der Waals surface area contributed by atoms with Gasteiger partial charge in [-0.3, -0.25) is 23.1 Å². The van der Waals surface area contributed by atoms with Gasteiger partial charge in [-0.2, -0.15) is 0 Å². The van der Waals surface area contributed by atoms with Gasteiger partial charge in [0.15, 0.2) is 5.16 Å². The third-order valence-corrected chi connectivity index (χ3v) is 7.10. The fourth-order valence-electron chi connectivity index (χ4n) is 4.39. The second-order valence-corrected chi connectivity index (χ2v) is 9.02. The molecule has 3 aromatic heterocycles. The third kappa shape index (κ3) is 3.04. The summed E-state index contributed by atoms with van der Waals surface area (Å²) in [4.78, 5) is 30.8. The summed E-state index contributed by atoms with van der Waals surface area (Å²) in [6.45, 7) is 2.45. The average molecular weight is 469 g/mol.